The van der Waals surface area contributed by atoms with Gasteiger partial charge in [-0.1, -0.05) is 84.9 Å². The van der Waals surface area contributed by atoms with E-state index in [0.717, 1.165) is 23.1 Å². The molecule has 0 aliphatic carbocycles. The molecule has 0 bridgehead atoms. The lowest BCUT2D eigenvalue weighted by Gasteiger charge is -2.38. The summed E-state index contributed by atoms with van der Waals surface area (Å²) in [5, 5.41) is 3.29. The van der Waals surface area contributed by atoms with E-state index in [4.69, 9.17) is 0 Å². The quantitative estimate of drug-likeness (QED) is 0.666. The fraction of sp³-hybridized carbons (Fsp3) is 0.259. The predicted octanol–water partition coefficient (Wildman–Crippen LogP) is 4.60. The van der Waals surface area contributed by atoms with Crippen molar-refractivity contribution in [1.82, 2.24) is 10.2 Å². The Hall–Kier alpha value is -3.40. The third kappa shape index (κ3) is 4.24. The van der Waals surface area contributed by atoms with E-state index < -0.39 is 5.54 Å². The van der Waals surface area contributed by atoms with Gasteiger partial charge in [0.1, 0.15) is 0 Å². The van der Waals surface area contributed by atoms with Gasteiger partial charge in [0.25, 0.3) is 0 Å². The number of amides is 2. The molecule has 1 N–H and O–H groups in total. The molecule has 4 rings (SSSR count). The SMILES string of the molecule is CC(=O)N1CCc2ccccc2C1CC(=O)NC(C)(c1ccccc1)c1ccccc1. The number of hydrogen-bond acceptors (Lipinski definition) is 2. The number of carbonyl (C=O) groups is 2. The van der Waals surface area contributed by atoms with Crippen molar-refractivity contribution >= 4 is 11.8 Å². The van der Waals surface area contributed by atoms with Crippen molar-refractivity contribution in [2.45, 2.75) is 38.3 Å². The highest BCUT2D eigenvalue weighted by Crippen LogP contribution is 2.34. The first-order valence-electron chi connectivity index (χ1n) is 10.8. The van der Waals surface area contributed by atoms with Crippen LogP contribution in [0.2, 0.25) is 0 Å². The Labute approximate surface area is 183 Å². The minimum atomic E-state index is -0.672. The molecule has 0 saturated heterocycles. The number of rotatable bonds is 5. The average Bonchev–Trinajstić information content (AvgIpc) is 2.80. The highest BCUT2D eigenvalue weighted by atomic mass is 16.2. The first-order valence-corrected chi connectivity index (χ1v) is 10.8. The third-order valence-electron chi connectivity index (χ3n) is 6.29. The molecule has 4 heteroatoms. The fourth-order valence-corrected chi connectivity index (χ4v) is 4.61. The van der Waals surface area contributed by atoms with Crippen LogP contribution in [0.4, 0.5) is 0 Å². The lowest BCUT2D eigenvalue weighted by molar-refractivity contribution is -0.133. The summed E-state index contributed by atoms with van der Waals surface area (Å²) in [6.07, 6.45) is 1.05. The summed E-state index contributed by atoms with van der Waals surface area (Å²) in [7, 11) is 0. The van der Waals surface area contributed by atoms with Crippen LogP contribution in [0.25, 0.3) is 0 Å². The molecule has 1 aliphatic heterocycles. The molecule has 158 valence electrons. The van der Waals surface area contributed by atoms with E-state index in [2.05, 4.69) is 11.4 Å². The molecule has 31 heavy (non-hydrogen) atoms. The molecule has 0 fully saturated rings. The van der Waals surface area contributed by atoms with Gasteiger partial charge in [-0.15, -0.1) is 0 Å². The molecule has 0 radical (unpaired) electrons. The van der Waals surface area contributed by atoms with Crippen molar-refractivity contribution in [3.8, 4) is 0 Å². The van der Waals surface area contributed by atoms with Gasteiger partial charge in [-0.2, -0.15) is 0 Å². The normalized spacial score (nSPS) is 15.8. The van der Waals surface area contributed by atoms with Crippen LogP contribution in [0.3, 0.4) is 0 Å². The van der Waals surface area contributed by atoms with Crippen LogP contribution in [0, 0.1) is 0 Å². The van der Waals surface area contributed by atoms with Gasteiger partial charge >= 0.3 is 0 Å². The maximum Gasteiger partial charge on any atom is 0.223 e. The van der Waals surface area contributed by atoms with E-state index in [1.807, 2.05) is 90.7 Å². The third-order valence-corrected chi connectivity index (χ3v) is 6.29. The standard InChI is InChI=1S/C27H28N2O2/c1-20(30)29-18-17-21-11-9-10-16-24(21)25(29)19-26(31)28-27(2,22-12-5-3-6-13-22)23-14-7-4-8-15-23/h3-16,25H,17-19H2,1-2H3,(H,28,31). The smallest absolute Gasteiger partial charge is 0.223 e. The number of nitrogens with one attached hydrogen (secondary N) is 1. The summed E-state index contributed by atoms with van der Waals surface area (Å²) in [6, 6.07) is 27.9. The van der Waals surface area contributed by atoms with Crippen molar-refractivity contribution in [3.63, 3.8) is 0 Å². The minimum Gasteiger partial charge on any atom is -0.343 e. The minimum absolute atomic E-state index is 0.00110. The molecule has 0 spiro atoms. The molecule has 4 nitrogen and oxygen atoms in total. The van der Waals surface area contributed by atoms with Crippen LogP contribution in [0.15, 0.2) is 84.9 Å². The van der Waals surface area contributed by atoms with E-state index in [-0.39, 0.29) is 24.3 Å². The summed E-state index contributed by atoms with van der Waals surface area (Å²) in [5.41, 5.74) is 3.64. The zero-order chi connectivity index (χ0) is 21.8. The Morgan fingerprint density at radius 1 is 0.903 bits per heavy atom. The molecule has 1 aliphatic rings. The van der Waals surface area contributed by atoms with Crippen LogP contribution in [-0.2, 0) is 21.5 Å². The molecule has 1 heterocycles. The average molecular weight is 413 g/mol. The van der Waals surface area contributed by atoms with Gasteiger partial charge in [0.05, 0.1) is 18.0 Å². The first kappa shape index (κ1) is 20.9. The Kier molecular flexibility index (Phi) is 5.90. The highest BCUT2D eigenvalue weighted by Gasteiger charge is 2.34. The Morgan fingerprint density at radius 2 is 1.45 bits per heavy atom. The molecule has 1 unspecified atom stereocenters. The van der Waals surface area contributed by atoms with Crippen LogP contribution >= 0.6 is 0 Å². The van der Waals surface area contributed by atoms with Gasteiger partial charge in [-0.25, -0.2) is 0 Å². The largest absolute Gasteiger partial charge is 0.343 e. The summed E-state index contributed by atoms with van der Waals surface area (Å²) in [4.78, 5) is 27.5. The Morgan fingerprint density at radius 3 is 2.03 bits per heavy atom. The van der Waals surface area contributed by atoms with Crippen molar-refractivity contribution < 1.29 is 9.59 Å². The molecular weight excluding hydrogens is 384 g/mol. The maximum atomic E-state index is 13.4. The van der Waals surface area contributed by atoms with E-state index >= 15 is 0 Å². The molecular formula is C27H28N2O2. The van der Waals surface area contributed by atoms with Crippen molar-refractivity contribution in [3.05, 3.63) is 107 Å². The van der Waals surface area contributed by atoms with Gasteiger partial charge in [0, 0.05) is 13.5 Å². The molecule has 0 saturated carbocycles. The number of benzene rings is 3. The molecule has 0 aromatic heterocycles. The van der Waals surface area contributed by atoms with Gasteiger partial charge in [0.15, 0.2) is 0 Å². The number of hydrogen-bond donors (Lipinski definition) is 1. The topological polar surface area (TPSA) is 49.4 Å². The highest BCUT2D eigenvalue weighted by molar-refractivity contribution is 5.81. The van der Waals surface area contributed by atoms with Gasteiger partial charge in [-0.05, 0) is 35.6 Å². The Bertz CT molecular complexity index is 1020. The number of nitrogens with zero attached hydrogens (tertiary/aromatic N) is 1. The van der Waals surface area contributed by atoms with Crippen molar-refractivity contribution in [1.29, 1.82) is 0 Å². The van der Waals surface area contributed by atoms with Crippen LogP contribution < -0.4 is 5.32 Å². The Balaban J connectivity index is 1.65. The second-order valence-corrected chi connectivity index (χ2v) is 8.29. The molecule has 1 atom stereocenters. The molecule has 2 amide bonds. The van der Waals surface area contributed by atoms with Gasteiger partial charge in [-0.3, -0.25) is 9.59 Å². The second-order valence-electron chi connectivity index (χ2n) is 8.29. The van der Waals surface area contributed by atoms with Crippen LogP contribution in [0.5, 0.6) is 0 Å². The van der Waals surface area contributed by atoms with E-state index in [1.54, 1.807) is 6.92 Å². The lowest BCUT2D eigenvalue weighted by Crippen LogP contribution is -2.47. The number of carbonyl (C=O) groups excluding carboxylic acids is 2. The van der Waals surface area contributed by atoms with E-state index in [0.29, 0.717) is 6.54 Å². The second kappa shape index (κ2) is 8.76. The predicted molar refractivity (Wildman–Crippen MR) is 122 cm³/mol. The summed E-state index contributed by atoms with van der Waals surface area (Å²) >= 11 is 0. The van der Waals surface area contributed by atoms with Gasteiger partial charge in [0.2, 0.25) is 11.8 Å². The zero-order valence-corrected chi connectivity index (χ0v) is 18.0. The molecule has 3 aromatic carbocycles. The maximum absolute atomic E-state index is 13.4. The van der Waals surface area contributed by atoms with Crippen molar-refractivity contribution in [2.75, 3.05) is 6.54 Å². The summed E-state index contributed by atoms with van der Waals surface area (Å²) < 4.78 is 0. The van der Waals surface area contributed by atoms with Crippen LogP contribution in [-0.4, -0.2) is 23.3 Å². The van der Waals surface area contributed by atoms with Gasteiger partial charge < -0.3 is 10.2 Å². The van der Waals surface area contributed by atoms with Crippen LogP contribution in [0.1, 0.15) is 48.6 Å². The van der Waals surface area contributed by atoms with E-state index in [1.165, 1.54) is 5.56 Å². The van der Waals surface area contributed by atoms with E-state index in [9.17, 15) is 9.59 Å². The molecule has 3 aromatic rings. The first-order chi connectivity index (χ1) is 15.0. The summed E-state index contributed by atoms with van der Waals surface area (Å²) in [5.74, 6) is -0.0793. The monoisotopic (exact) mass is 412 g/mol. The summed E-state index contributed by atoms with van der Waals surface area (Å²) in [6.45, 7) is 4.25. The number of fused-ring (bicyclic) bond motifs is 1. The zero-order valence-electron chi connectivity index (χ0n) is 18.0. The lowest BCUT2D eigenvalue weighted by atomic mass is 9.84. The fourth-order valence-electron chi connectivity index (χ4n) is 4.61. The van der Waals surface area contributed by atoms with Crippen molar-refractivity contribution in [2.24, 2.45) is 0 Å².